The summed E-state index contributed by atoms with van der Waals surface area (Å²) in [5.74, 6) is 0.600. The van der Waals surface area contributed by atoms with E-state index in [0.717, 1.165) is 54.6 Å². The van der Waals surface area contributed by atoms with Gasteiger partial charge in [-0.25, -0.2) is 24.1 Å². The van der Waals surface area contributed by atoms with Crippen molar-refractivity contribution in [2.45, 2.75) is 46.1 Å². The number of amides is 1. The van der Waals surface area contributed by atoms with Crippen LogP contribution in [0.1, 0.15) is 50.8 Å². The molecule has 1 saturated heterocycles. The Morgan fingerprint density at radius 1 is 1.10 bits per heavy atom. The molecule has 0 unspecified atom stereocenters. The number of aryl methyl sites for hydroxylation is 1. The molecule has 1 N–H and O–H groups in total. The number of fused-ring (bicyclic) bond motifs is 1. The molecular formula is C30H37FN8O2. The van der Waals surface area contributed by atoms with Crippen LogP contribution in [0.4, 0.5) is 21.0 Å². The predicted octanol–water partition coefficient (Wildman–Crippen LogP) is 5.49. The highest BCUT2D eigenvalue weighted by molar-refractivity contribution is 5.87. The monoisotopic (exact) mass is 560 g/mol. The smallest absolute Gasteiger partial charge is 0.409 e. The Bertz CT molecular complexity index is 1500. The van der Waals surface area contributed by atoms with Crippen LogP contribution >= 0.6 is 0 Å². The summed E-state index contributed by atoms with van der Waals surface area (Å²) in [6.45, 7) is 10.4. The van der Waals surface area contributed by atoms with Gasteiger partial charge in [0.2, 0.25) is 5.95 Å². The van der Waals surface area contributed by atoms with E-state index in [1.807, 2.05) is 48.3 Å². The van der Waals surface area contributed by atoms with Crippen LogP contribution in [-0.2, 0) is 18.3 Å². The molecule has 0 aliphatic carbocycles. The highest BCUT2D eigenvalue weighted by atomic mass is 19.1. The Morgan fingerprint density at radius 3 is 2.61 bits per heavy atom. The molecule has 10 nitrogen and oxygen atoms in total. The van der Waals surface area contributed by atoms with E-state index in [2.05, 4.69) is 51.0 Å². The Hall–Kier alpha value is -4.12. The van der Waals surface area contributed by atoms with Crippen LogP contribution in [0.3, 0.4) is 0 Å². The summed E-state index contributed by atoms with van der Waals surface area (Å²) in [5, 5.41) is 8.66. The van der Waals surface area contributed by atoms with Crippen LogP contribution in [0.25, 0.3) is 22.2 Å². The Morgan fingerprint density at radius 2 is 1.90 bits per heavy atom. The van der Waals surface area contributed by atoms with Crippen LogP contribution in [0.2, 0.25) is 0 Å². The van der Waals surface area contributed by atoms with Gasteiger partial charge in [0, 0.05) is 62.6 Å². The number of nitrogens with zero attached hydrogens (tertiary/aromatic N) is 7. The number of pyridine rings is 1. The van der Waals surface area contributed by atoms with E-state index >= 15 is 0 Å². The average molecular weight is 561 g/mol. The quantitative estimate of drug-likeness (QED) is 0.268. The van der Waals surface area contributed by atoms with E-state index in [-0.39, 0.29) is 23.7 Å². The van der Waals surface area contributed by atoms with E-state index in [4.69, 9.17) is 4.74 Å². The second-order valence-electron chi connectivity index (χ2n) is 10.7. The number of hydrogen-bond acceptors (Lipinski definition) is 8. The molecule has 0 saturated carbocycles. The molecule has 11 heteroatoms. The molecular weight excluding hydrogens is 523 g/mol. The molecule has 5 rings (SSSR count). The van der Waals surface area contributed by atoms with Gasteiger partial charge in [-0.05, 0) is 36.1 Å². The maximum absolute atomic E-state index is 14.8. The first-order chi connectivity index (χ1) is 19.8. The minimum absolute atomic E-state index is 0.216. The third kappa shape index (κ3) is 6.62. The fourth-order valence-corrected chi connectivity index (χ4v) is 5.13. The first-order valence-electron chi connectivity index (χ1n) is 14.2. The highest BCUT2D eigenvalue weighted by Crippen LogP contribution is 2.30. The predicted molar refractivity (Wildman–Crippen MR) is 156 cm³/mol. The van der Waals surface area contributed by atoms with Crippen molar-refractivity contribution in [1.29, 1.82) is 0 Å². The molecule has 1 aliphatic heterocycles. The summed E-state index contributed by atoms with van der Waals surface area (Å²) in [7, 11) is 1.93. The molecule has 1 fully saturated rings. The molecule has 1 aromatic carbocycles. The second kappa shape index (κ2) is 12.6. The normalized spacial score (nSPS) is 14.1. The van der Waals surface area contributed by atoms with Crippen LogP contribution in [-0.4, -0.2) is 73.4 Å². The fraction of sp³-hybridized carbons (Fsp3) is 0.433. The lowest BCUT2D eigenvalue weighted by Gasteiger charge is -2.34. The molecule has 1 amide bonds. The maximum atomic E-state index is 14.8. The number of halogens is 1. The molecule has 0 radical (unpaired) electrons. The SMILES string of the molecule is CCCCOC(=O)N1CCN(Cc2ccc(Nc3ncc(F)c(-c4ccc5nn(C)c(C(C)C)c5c4)n3)nc2)CC1. The van der Waals surface area contributed by atoms with Crippen molar-refractivity contribution >= 4 is 28.8 Å². The van der Waals surface area contributed by atoms with E-state index in [0.29, 0.717) is 31.1 Å². The van der Waals surface area contributed by atoms with E-state index in [1.54, 1.807) is 4.90 Å². The zero-order chi connectivity index (χ0) is 28.9. The number of ether oxygens (including phenoxy) is 1. The van der Waals surface area contributed by atoms with E-state index in [9.17, 15) is 9.18 Å². The Balaban J connectivity index is 1.21. The number of unbranched alkanes of at least 4 members (excludes halogenated alkanes) is 1. The number of piperazine rings is 1. The van der Waals surface area contributed by atoms with Gasteiger partial charge in [0.05, 0.1) is 18.3 Å². The number of rotatable bonds is 9. The second-order valence-corrected chi connectivity index (χ2v) is 10.7. The number of hydrogen-bond donors (Lipinski definition) is 1. The van der Waals surface area contributed by atoms with Gasteiger partial charge in [-0.3, -0.25) is 9.58 Å². The van der Waals surface area contributed by atoms with Gasteiger partial charge in [-0.15, -0.1) is 0 Å². The maximum Gasteiger partial charge on any atom is 0.409 e. The van der Waals surface area contributed by atoms with Crippen molar-refractivity contribution in [1.82, 2.24) is 34.5 Å². The Labute approximate surface area is 239 Å². The van der Waals surface area contributed by atoms with Gasteiger partial charge in [0.25, 0.3) is 0 Å². The number of anilines is 2. The molecule has 3 aromatic heterocycles. The number of carbonyl (C=O) groups excluding carboxylic acids is 1. The minimum atomic E-state index is -0.498. The lowest BCUT2D eigenvalue weighted by molar-refractivity contribution is 0.0737. The summed E-state index contributed by atoms with van der Waals surface area (Å²) >= 11 is 0. The number of benzene rings is 1. The van der Waals surface area contributed by atoms with Crippen molar-refractivity contribution in [3.05, 3.63) is 59.8 Å². The van der Waals surface area contributed by atoms with Crippen LogP contribution in [0, 0.1) is 5.82 Å². The van der Waals surface area contributed by atoms with Gasteiger partial charge in [0.15, 0.2) is 5.82 Å². The van der Waals surface area contributed by atoms with Gasteiger partial charge >= 0.3 is 6.09 Å². The lowest BCUT2D eigenvalue weighted by Crippen LogP contribution is -2.48. The summed E-state index contributed by atoms with van der Waals surface area (Å²) in [4.78, 5) is 29.3. The summed E-state index contributed by atoms with van der Waals surface area (Å²) in [5.41, 5.74) is 3.89. The van der Waals surface area contributed by atoms with Gasteiger partial charge < -0.3 is 15.0 Å². The zero-order valence-electron chi connectivity index (χ0n) is 24.1. The summed E-state index contributed by atoms with van der Waals surface area (Å²) in [6, 6.07) is 9.52. The first-order valence-corrected chi connectivity index (χ1v) is 14.2. The molecule has 41 heavy (non-hydrogen) atoms. The van der Waals surface area contributed by atoms with Crippen LogP contribution in [0.15, 0.2) is 42.7 Å². The zero-order valence-corrected chi connectivity index (χ0v) is 24.1. The molecule has 4 aromatic rings. The third-order valence-corrected chi connectivity index (χ3v) is 7.27. The van der Waals surface area contributed by atoms with E-state index in [1.165, 1.54) is 6.20 Å². The number of aromatic nitrogens is 5. The van der Waals surface area contributed by atoms with Gasteiger partial charge in [0.1, 0.15) is 11.5 Å². The molecule has 216 valence electrons. The fourth-order valence-electron chi connectivity index (χ4n) is 5.13. The molecule has 1 aliphatic rings. The topological polar surface area (TPSA) is 101 Å². The molecule has 0 atom stereocenters. The lowest BCUT2D eigenvalue weighted by atomic mass is 10.0. The highest BCUT2D eigenvalue weighted by Gasteiger charge is 2.22. The number of nitrogens with one attached hydrogen (secondary N) is 1. The average Bonchev–Trinajstić information content (AvgIpc) is 3.30. The first kappa shape index (κ1) is 28.4. The van der Waals surface area contributed by atoms with Crippen molar-refractivity contribution in [2.75, 3.05) is 38.1 Å². The van der Waals surface area contributed by atoms with Crippen molar-refractivity contribution in [3.63, 3.8) is 0 Å². The summed E-state index contributed by atoms with van der Waals surface area (Å²) < 4.78 is 22.1. The standard InChI is InChI=1S/C30H37FN8O2/c1-5-6-15-41-30(40)39-13-11-38(12-14-39)19-21-7-10-26(32-17-21)34-29-33-18-24(31)27(35-29)22-8-9-25-23(16-22)28(20(2)3)37(4)36-25/h7-10,16-18,20H,5-6,11-15,19H2,1-4H3,(H,32,33,34,35). The van der Waals surface area contributed by atoms with E-state index < -0.39 is 5.82 Å². The van der Waals surface area contributed by atoms with Crippen molar-refractivity contribution < 1.29 is 13.9 Å². The Kier molecular flexibility index (Phi) is 8.72. The molecule has 4 heterocycles. The largest absolute Gasteiger partial charge is 0.449 e. The van der Waals surface area contributed by atoms with Crippen molar-refractivity contribution in [2.24, 2.45) is 7.05 Å². The molecule has 0 spiro atoms. The molecule has 0 bridgehead atoms. The van der Waals surface area contributed by atoms with Crippen molar-refractivity contribution in [3.8, 4) is 11.3 Å². The van der Waals surface area contributed by atoms with Crippen LogP contribution in [0.5, 0.6) is 0 Å². The summed E-state index contributed by atoms with van der Waals surface area (Å²) in [6.07, 6.45) is 4.65. The third-order valence-electron chi connectivity index (χ3n) is 7.27. The van der Waals surface area contributed by atoms with Gasteiger partial charge in [-0.1, -0.05) is 39.3 Å². The van der Waals surface area contributed by atoms with Crippen LogP contribution < -0.4 is 5.32 Å². The number of carbonyl (C=O) groups is 1. The minimum Gasteiger partial charge on any atom is -0.449 e. The van der Waals surface area contributed by atoms with Gasteiger partial charge in [-0.2, -0.15) is 5.10 Å².